The molecule has 8 heteroatoms. The van der Waals surface area contributed by atoms with Gasteiger partial charge in [0.25, 0.3) is 0 Å². The van der Waals surface area contributed by atoms with Gasteiger partial charge in [0, 0.05) is 29.9 Å². The molecule has 0 saturated heterocycles. The lowest BCUT2D eigenvalue weighted by Gasteiger charge is -2.26. The number of thiophene rings is 1. The van der Waals surface area contributed by atoms with Gasteiger partial charge in [-0.15, -0.1) is 45.5 Å². The Bertz CT molecular complexity index is 731. The number of hydrogen-bond donors (Lipinski definition) is 2. The van der Waals surface area contributed by atoms with Gasteiger partial charge >= 0.3 is 0 Å². The van der Waals surface area contributed by atoms with Crippen LogP contribution in [0.4, 0.5) is 0 Å². The minimum Gasteiger partial charge on any atom is -0.355 e. The minimum absolute atomic E-state index is 0. The second-order valence-corrected chi connectivity index (χ2v) is 8.68. The molecule has 6 nitrogen and oxygen atoms in total. The van der Waals surface area contributed by atoms with Gasteiger partial charge in [0.15, 0.2) is 11.8 Å². The number of halogens is 1. The fourth-order valence-corrected chi connectivity index (χ4v) is 4.06. The first-order valence-corrected chi connectivity index (χ1v) is 10.3. The summed E-state index contributed by atoms with van der Waals surface area (Å²) in [5, 5.41) is 17.7. The van der Waals surface area contributed by atoms with Gasteiger partial charge in [-0.05, 0) is 31.2 Å². The molecule has 0 bridgehead atoms. The quantitative estimate of drug-likeness (QED) is 0.359. The molecular weight excluding hydrogens is 471 g/mol. The number of nitrogens with one attached hydrogen (secondary N) is 2. The summed E-state index contributed by atoms with van der Waals surface area (Å²) in [7, 11) is 1.98. The van der Waals surface area contributed by atoms with Crippen molar-refractivity contribution in [3.05, 3.63) is 34.0 Å². The average molecular weight is 502 g/mol. The van der Waals surface area contributed by atoms with E-state index in [4.69, 9.17) is 4.99 Å². The first-order chi connectivity index (χ1) is 12.5. The summed E-state index contributed by atoms with van der Waals surface area (Å²) < 4.78 is 1.99. The van der Waals surface area contributed by atoms with Crippen molar-refractivity contribution in [2.24, 2.45) is 12.0 Å². The molecule has 0 radical (unpaired) electrons. The Kier molecular flexibility index (Phi) is 8.08. The van der Waals surface area contributed by atoms with Crippen LogP contribution in [0.1, 0.15) is 56.1 Å². The topological polar surface area (TPSA) is 67.1 Å². The van der Waals surface area contributed by atoms with E-state index in [0.29, 0.717) is 12.6 Å². The van der Waals surface area contributed by atoms with Gasteiger partial charge in [-0.2, -0.15) is 0 Å². The molecule has 0 spiro atoms. The first kappa shape index (κ1) is 22.1. The Labute approximate surface area is 183 Å². The zero-order chi connectivity index (χ0) is 18.6. The predicted molar refractivity (Wildman–Crippen MR) is 123 cm³/mol. The Morgan fingerprint density at radius 3 is 2.67 bits per heavy atom. The molecule has 1 fully saturated rings. The number of aryl methyl sites for hydroxylation is 1. The van der Waals surface area contributed by atoms with Gasteiger partial charge in [-0.3, -0.25) is 0 Å². The second kappa shape index (κ2) is 9.86. The molecule has 2 aromatic heterocycles. The lowest BCUT2D eigenvalue weighted by molar-refractivity contribution is 0.511. The van der Waals surface area contributed by atoms with Crippen molar-refractivity contribution in [3.63, 3.8) is 0 Å². The SMILES string of the molecule is Cc1nnc(CN=C(NCC(C)(C)c2cccs2)NC2CCCC2)n1C.I. The molecule has 1 aliphatic rings. The Morgan fingerprint density at radius 2 is 2.07 bits per heavy atom. The van der Waals surface area contributed by atoms with Gasteiger partial charge in [-0.25, -0.2) is 4.99 Å². The number of rotatable bonds is 6. The van der Waals surface area contributed by atoms with Crippen LogP contribution in [-0.4, -0.2) is 33.3 Å². The van der Waals surface area contributed by atoms with E-state index in [9.17, 15) is 0 Å². The number of hydrogen-bond acceptors (Lipinski definition) is 4. The van der Waals surface area contributed by atoms with Crippen molar-refractivity contribution in [1.29, 1.82) is 0 Å². The molecule has 0 amide bonds. The first-order valence-electron chi connectivity index (χ1n) is 9.39. The Morgan fingerprint density at radius 1 is 1.33 bits per heavy atom. The lowest BCUT2D eigenvalue weighted by atomic mass is 9.91. The largest absolute Gasteiger partial charge is 0.355 e. The molecule has 0 aliphatic heterocycles. The fraction of sp³-hybridized carbons (Fsp3) is 0.632. The van der Waals surface area contributed by atoms with Crippen LogP contribution in [0.2, 0.25) is 0 Å². The second-order valence-electron chi connectivity index (χ2n) is 7.73. The maximum atomic E-state index is 4.79. The third-order valence-electron chi connectivity index (χ3n) is 5.14. The van der Waals surface area contributed by atoms with Gasteiger partial charge in [0.2, 0.25) is 0 Å². The standard InChI is InChI=1S/C19H30N6S.HI/c1-14-23-24-17(25(14)4)12-20-18(22-15-8-5-6-9-15)21-13-19(2,3)16-10-7-11-26-16;/h7,10-11,15H,5-6,8-9,12-13H2,1-4H3,(H2,20,21,22);1H. The Hall–Kier alpha value is -1.16. The molecule has 2 aromatic rings. The predicted octanol–water partition coefficient (Wildman–Crippen LogP) is 3.76. The summed E-state index contributed by atoms with van der Waals surface area (Å²) >= 11 is 1.81. The molecule has 150 valence electrons. The van der Waals surface area contributed by atoms with Crippen LogP contribution in [0.5, 0.6) is 0 Å². The van der Waals surface area contributed by atoms with E-state index in [-0.39, 0.29) is 29.4 Å². The highest BCUT2D eigenvalue weighted by Crippen LogP contribution is 2.26. The van der Waals surface area contributed by atoms with E-state index in [0.717, 1.165) is 24.2 Å². The van der Waals surface area contributed by atoms with Crippen molar-refractivity contribution in [1.82, 2.24) is 25.4 Å². The monoisotopic (exact) mass is 502 g/mol. The smallest absolute Gasteiger partial charge is 0.191 e. The van der Waals surface area contributed by atoms with Crippen molar-refractivity contribution >= 4 is 41.3 Å². The third-order valence-corrected chi connectivity index (χ3v) is 6.38. The maximum absolute atomic E-state index is 4.79. The van der Waals surface area contributed by atoms with Crippen LogP contribution in [0, 0.1) is 6.92 Å². The number of aliphatic imine (C=N–C) groups is 1. The summed E-state index contributed by atoms with van der Waals surface area (Å²) in [5.74, 6) is 2.67. The number of guanidine groups is 1. The highest BCUT2D eigenvalue weighted by Gasteiger charge is 2.23. The van der Waals surface area contributed by atoms with E-state index in [1.54, 1.807) is 0 Å². The summed E-state index contributed by atoms with van der Waals surface area (Å²) in [5.41, 5.74) is 0.0632. The minimum atomic E-state index is 0. The summed E-state index contributed by atoms with van der Waals surface area (Å²) in [4.78, 5) is 6.17. The molecule has 3 rings (SSSR count). The normalized spacial score (nSPS) is 15.6. The number of aromatic nitrogens is 3. The third kappa shape index (κ3) is 5.91. The van der Waals surface area contributed by atoms with Crippen LogP contribution < -0.4 is 10.6 Å². The molecule has 0 unspecified atom stereocenters. The van der Waals surface area contributed by atoms with Crippen molar-refractivity contribution in [2.75, 3.05) is 6.54 Å². The zero-order valence-electron chi connectivity index (χ0n) is 16.7. The van der Waals surface area contributed by atoms with Crippen molar-refractivity contribution in [3.8, 4) is 0 Å². The molecule has 2 N–H and O–H groups in total. The fourth-order valence-electron chi connectivity index (χ4n) is 3.21. The number of nitrogens with zero attached hydrogens (tertiary/aromatic N) is 4. The molecular formula is C19H31IN6S. The van der Waals surface area contributed by atoms with Crippen LogP contribution in [-0.2, 0) is 19.0 Å². The molecule has 1 aliphatic carbocycles. The van der Waals surface area contributed by atoms with E-state index in [2.05, 4.69) is 52.2 Å². The lowest BCUT2D eigenvalue weighted by Crippen LogP contribution is -2.46. The Balaban J connectivity index is 0.00000261. The average Bonchev–Trinajstić information content (AvgIpc) is 3.36. The molecule has 0 aromatic carbocycles. The highest BCUT2D eigenvalue weighted by atomic mass is 127. The zero-order valence-corrected chi connectivity index (χ0v) is 19.8. The van der Waals surface area contributed by atoms with Crippen LogP contribution in [0.25, 0.3) is 0 Å². The molecule has 1 saturated carbocycles. The maximum Gasteiger partial charge on any atom is 0.191 e. The van der Waals surface area contributed by atoms with Crippen LogP contribution >= 0.6 is 35.3 Å². The molecule has 2 heterocycles. The van der Waals surface area contributed by atoms with E-state index >= 15 is 0 Å². The van der Waals surface area contributed by atoms with Gasteiger partial charge < -0.3 is 15.2 Å². The van der Waals surface area contributed by atoms with Crippen molar-refractivity contribution < 1.29 is 0 Å². The van der Waals surface area contributed by atoms with Gasteiger partial charge in [0.1, 0.15) is 12.4 Å². The molecule has 0 atom stereocenters. The van der Waals surface area contributed by atoms with E-state index in [1.165, 1.54) is 30.6 Å². The summed E-state index contributed by atoms with van der Waals surface area (Å²) in [6, 6.07) is 4.84. The van der Waals surface area contributed by atoms with Crippen molar-refractivity contribution in [2.45, 2.75) is 64.5 Å². The van der Waals surface area contributed by atoms with E-state index < -0.39 is 0 Å². The molecule has 27 heavy (non-hydrogen) atoms. The van der Waals surface area contributed by atoms with Gasteiger partial charge in [0.05, 0.1) is 0 Å². The van der Waals surface area contributed by atoms with Crippen LogP contribution in [0.3, 0.4) is 0 Å². The van der Waals surface area contributed by atoms with E-state index in [1.807, 2.05) is 29.9 Å². The summed E-state index contributed by atoms with van der Waals surface area (Å²) in [6.07, 6.45) is 5.04. The van der Waals surface area contributed by atoms with Crippen LogP contribution in [0.15, 0.2) is 22.5 Å². The highest BCUT2D eigenvalue weighted by molar-refractivity contribution is 14.0. The van der Waals surface area contributed by atoms with Gasteiger partial charge in [-0.1, -0.05) is 32.8 Å². The summed E-state index contributed by atoms with van der Waals surface area (Å²) in [6.45, 7) is 7.86.